The molecule has 1 amide bonds. The van der Waals surface area contributed by atoms with E-state index in [9.17, 15) is 9.59 Å². The summed E-state index contributed by atoms with van der Waals surface area (Å²) in [6.45, 7) is 5.94. The first kappa shape index (κ1) is 21.1. The van der Waals surface area contributed by atoms with Crippen molar-refractivity contribution in [3.63, 3.8) is 0 Å². The molecular formula is C26H28N2O3. The van der Waals surface area contributed by atoms with E-state index in [0.717, 1.165) is 23.2 Å². The Labute approximate surface area is 182 Å². The number of amides is 1. The van der Waals surface area contributed by atoms with Gasteiger partial charge < -0.3 is 14.2 Å². The highest BCUT2D eigenvalue weighted by Gasteiger charge is 2.44. The van der Waals surface area contributed by atoms with Crippen LogP contribution in [0.4, 0.5) is 5.69 Å². The molecule has 1 aromatic heterocycles. The lowest BCUT2D eigenvalue weighted by molar-refractivity contribution is -0.121. The smallest absolute Gasteiger partial charge is 0.252 e. The molecule has 160 valence electrons. The summed E-state index contributed by atoms with van der Waals surface area (Å²) < 4.78 is 7.43. The van der Waals surface area contributed by atoms with Crippen molar-refractivity contribution in [1.82, 2.24) is 4.57 Å². The van der Waals surface area contributed by atoms with Gasteiger partial charge in [0.25, 0.3) is 5.56 Å². The molecule has 1 fully saturated rings. The van der Waals surface area contributed by atoms with E-state index < -0.39 is 5.41 Å². The lowest BCUT2D eigenvalue weighted by Gasteiger charge is -2.24. The van der Waals surface area contributed by atoms with Crippen LogP contribution in [0.3, 0.4) is 0 Å². The van der Waals surface area contributed by atoms with Gasteiger partial charge in [0.15, 0.2) is 0 Å². The van der Waals surface area contributed by atoms with Crippen LogP contribution in [0.25, 0.3) is 0 Å². The Bertz CT molecular complexity index is 1110. The van der Waals surface area contributed by atoms with Gasteiger partial charge in [-0.3, -0.25) is 9.59 Å². The molecule has 1 atom stereocenters. The zero-order chi connectivity index (χ0) is 21.8. The van der Waals surface area contributed by atoms with Crippen LogP contribution in [0.2, 0.25) is 0 Å². The zero-order valence-corrected chi connectivity index (χ0v) is 18.1. The predicted octanol–water partition coefficient (Wildman–Crippen LogP) is 4.07. The second-order valence-corrected chi connectivity index (χ2v) is 8.29. The van der Waals surface area contributed by atoms with Crippen LogP contribution in [0, 0.1) is 6.92 Å². The van der Waals surface area contributed by atoms with Gasteiger partial charge in [-0.1, -0.05) is 60.7 Å². The van der Waals surface area contributed by atoms with E-state index >= 15 is 0 Å². The number of carbonyl (C=O) groups excluding carboxylic acids is 1. The number of hydrogen-bond donors (Lipinski definition) is 0. The molecule has 0 aliphatic carbocycles. The summed E-state index contributed by atoms with van der Waals surface area (Å²) >= 11 is 0. The Kier molecular flexibility index (Phi) is 6.05. The van der Waals surface area contributed by atoms with Gasteiger partial charge in [0.1, 0.15) is 0 Å². The van der Waals surface area contributed by atoms with E-state index in [1.54, 1.807) is 15.5 Å². The third kappa shape index (κ3) is 4.32. The van der Waals surface area contributed by atoms with Crippen molar-refractivity contribution >= 4 is 11.6 Å². The van der Waals surface area contributed by atoms with E-state index in [1.807, 2.05) is 80.6 Å². The Morgan fingerprint density at radius 1 is 0.968 bits per heavy atom. The van der Waals surface area contributed by atoms with Gasteiger partial charge in [0, 0.05) is 24.8 Å². The predicted molar refractivity (Wildman–Crippen MR) is 122 cm³/mol. The van der Waals surface area contributed by atoms with Crippen LogP contribution in [-0.4, -0.2) is 23.6 Å². The molecular weight excluding hydrogens is 388 g/mol. The summed E-state index contributed by atoms with van der Waals surface area (Å²) in [5.41, 5.74) is 2.95. The van der Waals surface area contributed by atoms with Crippen molar-refractivity contribution in [2.24, 2.45) is 0 Å². The van der Waals surface area contributed by atoms with E-state index in [-0.39, 0.29) is 11.5 Å². The molecule has 0 N–H and O–H groups in total. The Balaban J connectivity index is 1.45. The van der Waals surface area contributed by atoms with Gasteiger partial charge in [-0.25, -0.2) is 0 Å². The van der Waals surface area contributed by atoms with Crippen LogP contribution < -0.4 is 10.5 Å². The number of ether oxygens (including phenoxy) is 1. The number of rotatable bonds is 7. The lowest BCUT2D eigenvalue weighted by atomic mass is 9.81. The zero-order valence-electron chi connectivity index (χ0n) is 18.1. The third-order valence-electron chi connectivity index (χ3n) is 6.17. The Morgan fingerprint density at radius 3 is 2.32 bits per heavy atom. The molecule has 31 heavy (non-hydrogen) atoms. The molecule has 0 saturated carbocycles. The average Bonchev–Trinajstić information content (AvgIpc) is 3.09. The topological polar surface area (TPSA) is 51.5 Å². The number of pyridine rings is 1. The minimum absolute atomic E-state index is 0.0430. The van der Waals surface area contributed by atoms with Crippen LogP contribution in [0.5, 0.6) is 0 Å². The molecule has 0 spiro atoms. The first-order valence-electron chi connectivity index (χ1n) is 10.7. The van der Waals surface area contributed by atoms with Crippen molar-refractivity contribution in [2.75, 3.05) is 18.1 Å². The van der Waals surface area contributed by atoms with Gasteiger partial charge in [0.05, 0.1) is 24.3 Å². The fourth-order valence-corrected chi connectivity index (χ4v) is 4.24. The van der Waals surface area contributed by atoms with E-state index in [2.05, 4.69) is 0 Å². The first-order chi connectivity index (χ1) is 15.0. The van der Waals surface area contributed by atoms with Crippen LogP contribution in [0.1, 0.15) is 30.2 Å². The Morgan fingerprint density at radius 2 is 1.65 bits per heavy atom. The molecule has 1 saturated heterocycles. The fourth-order valence-electron chi connectivity index (χ4n) is 4.24. The molecule has 4 rings (SSSR count). The standard InChI is InChI=1S/C26H28N2O3/c1-20-17-23(28-14-13-26(2,25(28)30)22-11-7-4-8-12-22)18-24(29)27(20)15-16-31-19-21-9-5-3-6-10-21/h3-12,17-18H,13-16,19H2,1-2H3. The highest BCUT2D eigenvalue weighted by atomic mass is 16.5. The molecule has 5 heteroatoms. The van der Waals surface area contributed by atoms with E-state index in [0.29, 0.717) is 32.0 Å². The molecule has 0 radical (unpaired) electrons. The van der Waals surface area contributed by atoms with Crippen molar-refractivity contribution in [1.29, 1.82) is 0 Å². The van der Waals surface area contributed by atoms with E-state index in [4.69, 9.17) is 4.74 Å². The van der Waals surface area contributed by atoms with Crippen LogP contribution in [-0.2, 0) is 28.1 Å². The number of benzene rings is 2. The molecule has 3 aromatic rings. The molecule has 5 nitrogen and oxygen atoms in total. The van der Waals surface area contributed by atoms with Gasteiger partial charge in [-0.05, 0) is 37.5 Å². The van der Waals surface area contributed by atoms with Crippen molar-refractivity contribution in [3.05, 3.63) is 100.0 Å². The molecule has 2 aromatic carbocycles. The molecule has 1 aliphatic heterocycles. The van der Waals surface area contributed by atoms with Crippen molar-refractivity contribution in [3.8, 4) is 0 Å². The SMILES string of the molecule is Cc1cc(N2CCC(C)(c3ccccc3)C2=O)cc(=O)n1CCOCc1ccccc1. The summed E-state index contributed by atoms with van der Waals surface area (Å²) in [6, 6.07) is 23.3. The summed E-state index contributed by atoms with van der Waals surface area (Å²) in [5, 5.41) is 0. The first-order valence-corrected chi connectivity index (χ1v) is 10.7. The largest absolute Gasteiger partial charge is 0.375 e. The summed E-state index contributed by atoms with van der Waals surface area (Å²) in [6.07, 6.45) is 0.727. The fraction of sp³-hybridized carbons (Fsp3) is 0.308. The molecule has 1 unspecified atom stereocenters. The third-order valence-corrected chi connectivity index (χ3v) is 6.17. The second-order valence-electron chi connectivity index (χ2n) is 8.29. The monoisotopic (exact) mass is 416 g/mol. The highest BCUT2D eigenvalue weighted by molar-refractivity contribution is 6.03. The number of nitrogens with zero attached hydrogens (tertiary/aromatic N) is 2. The number of hydrogen-bond acceptors (Lipinski definition) is 3. The summed E-state index contributed by atoms with van der Waals surface area (Å²) in [4.78, 5) is 27.8. The van der Waals surface area contributed by atoms with Crippen molar-refractivity contribution in [2.45, 2.75) is 38.8 Å². The minimum atomic E-state index is -0.560. The highest BCUT2D eigenvalue weighted by Crippen LogP contribution is 2.37. The molecule has 0 bridgehead atoms. The second kappa shape index (κ2) is 8.90. The molecule has 1 aliphatic rings. The lowest BCUT2D eigenvalue weighted by Crippen LogP contribution is -2.36. The maximum atomic E-state index is 13.3. The minimum Gasteiger partial charge on any atom is -0.375 e. The van der Waals surface area contributed by atoms with E-state index in [1.165, 1.54) is 0 Å². The summed E-state index contributed by atoms with van der Waals surface area (Å²) in [5.74, 6) is 0.0430. The van der Waals surface area contributed by atoms with Gasteiger partial charge in [-0.2, -0.15) is 0 Å². The number of carbonyl (C=O) groups is 1. The quantitative estimate of drug-likeness (QED) is 0.546. The normalized spacial score (nSPS) is 18.5. The van der Waals surface area contributed by atoms with Gasteiger partial charge >= 0.3 is 0 Å². The maximum absolute atomic E-state index is 13.3. The van der Waals surface area contributed by atoms with Crippen LogP contribution in [0.15, 0.2) is 77.6 Å². The maximum Gasteiger partial charge on any atom is 0.252 e. The molecule has 2 heterocycles. The number of anilines is 1. The van der Waals surface area contributed by atoms with Gasteiger partial charge in [-0.15, -0.1) is 0 Å². The van der Waals surface area contributed by atoms with Crippen molar-refractivity contribution < 1.29 is 9.53 Å². The van der Waals surface area contributed by atoms with Gasteiger partial charge in [0.2, 0.25) is 5.91 Å². The summed E-state index contributed by atoms with van der Waals surface area (Å²) in [7, 11) is 0. The number of aromatic nitrogens is 1. The Hall–Kier alpha value is -3.18. The average molecular weight is 417 g/mol. The number of aryl methyl sites for hydroxylation is 1. The van der Waals surface area contributed by atoms with Crippen LogP contribution >= 0.6 is 0 Å².